The molecule has 0 aliphatic rings. The first kappa shape index (κ1) is 41.8. The van der Waals surface area contributed by atoms with Crippen LogP contribution in [0.5, 0.6) is 0 Å². The molecule has 0 bridgehead atoms. The van der Waals surface area contributed by atoms with Crippen molar-refractivity contribution in [2.45, 2.75) is 93.9 Å². The number of rotatable bonds is 11. The van der Waals surface area contributed by atoms with Crippen LogP contribution in [0.25, 0.3) is 0 Å². The van der Waals surface area contributed by atoms with Gasteiger partial charge in [-0.25, -0.2) is 34.4 Å². The summed E-state index contributed by atoms with van der Waals surface area (Å²) in [6.07, 6.45) is 2.06. The van der Waals surface area contributed by atoms with Crippen LogP contribution >= 0.6 is 0 Å². The third-order valence-corrected chi connectivity index (χ3v) is 12.5. The van der Waals surface area contributed by atoms with Crippen molar-refractivity contribution in [2.75, 3.05) is 10.6 Å². The second kappa shape index (κ2) is 15.6. The molecule has 284 valence electrons. The van der Waals surface area contributed by atoms with Gasteiger partial charge >= 0.3 is 0 Å². The van der Waals surface area contributed by atoms with Gasteiger partial charge in [0, 0.05) is 24.3 Å². The summed E-state index contributed by atoms with van der Waals surface area (Å²) in [6.45, 7) is 12.5. The minimum atomic E-state index is -4.44. The topological polar surface area (TPSA) is 179 Å². The molecule has 4 rings (SSSR count). The molecule has 0 aliphatic heterocycles. The van der Waals surface area contributed by atoms with Gasteiger partial charge in [-0.15, -0.1) is 0 Å². The van der Waals surface area contributed by atoms with Crippen molar-refractivity contribution in [1.29, 1.82) is 0 Å². The SMILES string of the molecule is CC(C)(C)Cc1cc(NC(=O)C(C)(C)S(=O)(=O)c2ccc(F)cc2F)on1.CCCc1cc(NC(=O)C(C)(C)S(=O)(=O)c2ccc(F)cc2F)on1. The third-order valence-electron chi connectivity index (χ3n) is 7.61. The Morgan fingerprint density at radius 3 is 1.40 bits per heavy atom. The maximum absolute atomic E-state index is 13.9. The van der Waals surface area contributed by atoms with E-state index in [9.17, 15) is 44.0 Å². The summed E-state index contributed by atoms with van der Waals surface area (Å²) >= 11 is 0. The number of amides is 2. The number of hydrogen-bond donors (Lipinski definition) is 2. The van der Waals surface area contributed by atoms with Crippen LogP contribution in [-0.2, 0) is 42.1 Å². The fraction of sp³-hybridized carbons (Fsp3) is 0.412. The number of carbonyl (C=O) groups excluding carboxylic acids is 2. The molecule has 0 radical (unpaired) electrons. The molecule has 0 aliphatic carbocycles. The predicted molar refractivity (Wildman–Crippen MR) is 183 cm³/mol. The Morgan fingerprint density at radius 2 is 1.04 bits per heavy atom. The molecular formula is C34H40F4N4O8S2. The first-order valence-corrected chi connectivity index (χ1v) is 18.7. The fourth-order valence-electron chi connectivity index (χ4n) is 4.45. The van der Waals surface area contributed by atoms with Crippen LogP contribution in [0, 0.1) is 28.7 Å². The normalized spacial score (nSPS) is 12.5. The van der Waals surface area contributed by atoms with Gasteiger partial charge in [0.25, 0.3) is 0 Å². The number of aryl methyl sites for hydroxylation is 1. The average Bonchev–Trinajstić information content (AvgIpc) is 3.64. The lowest BCUT2D eigenvalue weighted by molar-refractivity contribution is -0.118. The minimum Gasteiger partial charge on any atom is -0.338 e. The van der Waals surface area contributed by atoms with E-state index < -0.39 is 74.0 Å². The minimum absolute atomic E-state index is 0.00342. The van der Waals surface area contributed by atoms with Gasteiger partial charge in [-0.1, -0.05) is 44.4 Å². The monoisotopic (exact) mass is 772 g/mol. The van der Waals surface area contributed by atoms with Crippen LogP contribution in [0.15, 0.2) is 67.4 Å². The van der Waals surface area contributed by atoms with E-state index in [2.05, 4.69) is 20.9 Å². The number of benzene rings is 2. The quantitative estimate of drug-likeness (QED) is 0.121. The Bertz CT molecular complexity index is 2160. The van der Waals surface area contributed by atoms with Crippen LogP contribution in [0.4, 0.5) is 29.3 Å². The van der Waals surface area contributed by atoms with Gasteiger partial charge in [-0.2, -0.15) is 0 Å². The van der Waals surface area contributed by atoms with E-state index >= 15 is 0 Å². The molecule has 0 spiro atoms. The van der Waals surface area contributed by atoms with Gasteiger partial charge < -0.3 is 9.05 Å². The summed E-state index contributed by atoms with van der Waals surface area (Å²) in [5.41, 5.74) is 1.16. The van der Waals surface area contributed by atoms with Gasteiger partial charge in [-0.05, 0) is 70.2 Å². The zero-order valence-electron chi connectivity index (χ0n) is 29.7. The number of nitrogens with zero attached hydrogens (tertiary/aromatic N) is 2. The molecule has 0 atom stereocenters. The largest absolute Gasteiger partial charge is 0.338 e. The van der Waals surface area contributed by atoms with Crippen molar-refractivity contribution in [1.82, 2.24) is 10.3 Å². The molecule has 52 heavy (non-hydrogen) atoms. The molecule has 4 aromatic rings. The highest BCUT2D eigenvalue weighted by molar-refractivity contribution is 7.94. The number of halogens is 4. The second-order valence-corrected chi connectivity index (χ2v) is 18.9. The smallest absolute Gasteiger partial charge is 0.248 e. The van der Waals surface area contributed by atoms with Gasteiger partial charge in [0.1, 0.15) is 42.6 Å². The zero-order valence-corrected chi connectivity index (χ0v) is 31.4. The van der Waals surface area contributed by atoms with Crippen LogP contribution in [-0.4, -0.2) is 48.5 Å². The van der Waals surface area contributed by atoms with Crippen molar-refractivity contribution in [2.24, 2.45) is 5.41 Å². The van der Waals surface area contributed by atoms with E-state index in [4.69, 9.17) is 9.05 Å². The molecular weight excluding hydrogens is 733 g/mol. The summed E-state index contributed by atoms with van der Waals surface area (Å²) < 4.78 is 111. The van der Waals surface area contributed by atoms with Crippen LogP contribution < -0.4 is 10.6 Å². The van der Waals surface area contributed by atoms with Crippen LogP contribution in [0.2, 0.25) is 0 Å². The maximum atomic E-state index is 13.9. The Kier molecular flexibility index (Phi) is 12.5. The van der Waals surface area contributed by atoms with E-state index in [0.29, 0.717) is 36.4 Å². The number of aromatic nitrogens is 2. The molecule has 2 N–H and O–H groups in total. The highest BCUT2D eigenvalue weighted by Crippen LogP contribution is 2.31. The maximum Gasteiger partial charge on any atom is 0.248 e. The first-order chi connectivity index (χ1) is 23.8. The highest BCUT2D eigenvalue weighted by Gasteiger charge is 2.46. The molecule has 12 nitrogen and oxygen atoms in total. The first-order valence-electron chi connectivity index (χ1n) is 15.8. The summed E-state index contributed by atoms with van der Waals surface area (Å²) in [5.74, 6) is -6.21. The van der Waals surface area contributed by atoms with Gasteiger partial charge in [0.15, 0.2) is 19.7 Å². The van der Waals surface area contributed by atoms with Gasteiger partial charge in [0.05, 0.1) is 11.4 Å². The van der Waals surface area contributed by atoms with E-state index in [1.54, 1.807) is 0 Å². The Hall–Kier alpha value is -4.58. The van der Waals surface area contributed by atoms with Crippen molar-refractivity contribution in [3.8, 4) is 0 Å². The number of carbonyl (C=O) groups is 2. The number of nitrogens with one attached hydrogen (secondary N) is 2. The molecule has 0 fully saturated rings. The Morgan fingerprint density at radius 1 is 0.654 bits per heavy atom. The highest BCUT2D eigenvalue weighted by atomic mass is 32.2. The van der Waals surface area contributed by atoms with Crippen LogP contribution in [0.3, 0.4) is 0 Å². The number of hydrogen-bond acceptors (Lipinski definition) is 10. The molecule has 0 saturated heterocycles. The third kappa shape index (κ3) is 9.44. The molecule has 2 amide bonds. The predicted octanol–water partition coefficient (Wildman–Crippen LogP) is 6.83. The summed E-state index contributed by atoms with van der Waals surface area (Å²) in [6, 6.07) is 7.13. The van der Waals surface area contributed by atoms with E-state index in [1.807, 2.05) is 27.7 Å². The van der Waals surface area contributed by atoms with E-state index in [1.165, 1.54) is 12.1 Å². The lowest BCUT2D eigenvalue weighted by atomic mass is 9.91. The molecule has 2 heterocycles. The molecule has 2 aromatic carbocycles. The Labute approximate surface area is 299 Å². The summed E-state index contributed by atoms with van der Waals surface area (Å²) in [5, 5.41) is 12.3. The Balaban J connectivity index is 0.000000281. The van der Waals surface area contributed by atoms with E-state index in [-0.39, 0.29) is 17.2 Å². The summed E-state index contributed by atoms with van der Waals surface area (Å²) in [7, 11) is -8.87. The van der Waals surface area contributed by atoms with Crippen molar-refractivity contribution >= 4 is 43.3 Å². The molecule has 0 saturated carbocycles. The van der Waals surface area contributed by atoms with Crippen LogP contribution in [0.1, 0.15) is 73.2 Å². The lowest BCUT2D eigenvalue weighted by Gasteiger charge is -2.23. The fourth-order valence-corrected chi connectivity index (χ4v) is 7.26. The molecule has 2 aromatic heterocycles. The standard InChI is InChI=1S/C18H22F2N2O4S.C16H18F2N2O4S/c1-17(2,3)10-12-9-15(26-22-12)21-16(23)18(4,5)27(24,25)14-7-6-11(19)8-13(14)20;1-4-5-11-9-14(24-20-11)19-15(21)16(2,3)25(22,23)13-7-6-10(17)8-12(13)18/h6-9H,10H2,1-5H3,(H,21,23);6-9H,4-5H2,1-3H3,(H,19,21). The van der Waals surface area contributed by atoms with Crippen molar-refractivity contribution in [3.05, 3.63) is 83.2 Å². The molecule has 18 heteroatoms. The van der Waals surface area contributed by atoms with Gasteiger partial charge in [-0.3, -0.25) is 20.2 Å². The molecule has 0 unspecified atom stereocenters. The number of sulfone groups is 2. The zero-order chi connectivity index (χ0) is 39.4. The lowest BCUT2D eigenvalue weighted by Crippen LogP contribution is -2.44. The van der Waals surface area contributed by atoms with Crippen molar-refractivity contribution < 1.29 is 53.0 Å². The second-order valence-electron chi connectivity index (χ2n) is 13.9. The van der Waals surface area contributed by atoms with Gasteiger partial charge in [0.2, 0.25) is 23.6 Å². The summed E-state index contributed by atoms with van der Waals surface area (Å²) in [4.78, 5) is 23.5. The van der Waals surface area contributed by atoms with E-state index in [0.717, 1.165) is 58.4 Å². The average molecular weight is 773 g/mol. The van der Waals surface area contributed by atoms with Crippen molar-refractivity contribution in [3.63, 3.8) is 0 Å². The number of anilines is 2.